The van der Waals surface area contributed by atoms with Crippen LogP contribution in [0.2, 0.25) is 0 Å². The van der Waals surface area contributed by atoms with Crippen molar-refractivity contribution in [2.75, 3.05) is 0 Å². The fourth-order valence-corrected chi connectivity index (χ4v) is 3.62. The Balaban J connectivity index is 2.09. The molecular weight excluding hydrogens is 242 g/mol. The molecule has 0 fully saturated rings. The first-order chi connectivity index (χ1) is 8.65. The Hall–Kier alpha value is -1.22. The number of thiophene rings is 1. The van der Waals surface area contributed by atoms with Gasteiger partial charge in [0, 0.05) is 17.0 Å². The van der Waals surface area contributed by atoms with E-state index in [0.717, 1.165) is 27.9 Å². The van der Waals surface area contributed by atoms with Crippen LogP contribution in [-0.2, 0) is 12.8 Å². The quantitative estimate of drug-likeness (QED) is 0.763. The Morgan fingerprint density at radius 3 is 2.83 bits per heavy atom. The van der Waals surface area contributed by atoms with Crippen molar-refractivity contribution in [1.29, 1.82) is 0 Å². The van der Waals surface area contributed by atoms with Gasteiger partial charge in [-0.3, -0.25) is 4.79 Å². The number of hydrogen-bond acceptors (Lipinski definition) is 3. The number of nitrogens with zero attached hydrogens (tertiary/aromatic N) is 1. The fourth-order valence-electron chi connectivity index (χ4n) is 2.50. The molecule has 18 heavy (non-hydrogen) atoms. The van der Waals surface area contributed by atoms with Gasteiger partial charge in [0.2, 0.25) is 0 Å². The first kappa shape index (κ1) is 11.8. The van der Waals surface area contributed by atoms with Crippen molar-refractivity contribution in [3.63, 3.8) is 0 Å². The van der Waals surface area contributed by atoms with E-state index in [0.29, 0.717) is 0 Å². The minimum Gasteiger partial charge on any atom is -0.293 e. The van der Waals surface area contributed by atoms with Gasteiger partial charge in [-0.15, -0.1) is 11.3 Å². The third-order valence-electron chi connectivity index (χ3n) is 3.55. The Kier molecular flexibility index (Phi) is 2.94. The third-order valence-corrected chi connectivity index (χ3v) is 4.61. The van der Waals surface area contributed by atoms with Crippen molar-refractivity contribution in [3.05, 3.63) is 28.3 Å². The van der Waals surface area contributed by atoms with Crippen molar-refractivity contribution < 1.29 is 4.79 Å². The number of pyridine rings is 1. The summed E-state index contributed by atoms with van der Waals surface area (Å²) in [5, 5.41) is 1.14. The third kappa shape index (κ3) is 1.97. The monoisotopic (exact) mass is 259 g/mol. The standard InChI is InChI=1S/C15H17NOS/c1-9(2)14(17)13-8-11-7-10-5-3-4-6-12(10)16-15(11)18-13/h7-9H,3-6H2,1-2H3. The lowest BCUT2D eigenvalue weighted by Crippen LogP contribution is -2.04. The van der Waals surface area contributed by atoms with E-state index in [4.69, 9.17) is 4.98 Å². The average Bonchev–Trinajstić information content (AvgIpc) is 2.77. The topological polar surface area (TPSA) is 30.0 Å². The summed E-state index contributed by atoms with van der Waals surface area (Å²) in [6.07, 6.45) is 4.75. The van der Waals surface area contributed by atoms with E-state index >= 15 is 0 Å². The summed E-state index contributed by atoms with van der Waals surface area (Å²) in [7, 11) is 0. The molecule has 3 rings (SSSR count). The van der Waals surface area contributed by atoms with Crippen LogP contribution >= 0.6 is 11.3 Å². The molecule has 0 amide bonds. The van der Waals surface area contributed by atoms with E-state index in [1.54, 1.807) is 11.3 Å². The van der Waals surface area contributed by atoms with Crippen LogP contribution in [0.15, 0.2) is 12.1 Å². The molecular formula is C15H17NOS. The van der Waals surface area contributed by atoms with Gasteiger partial charge in [-0.25, -0.2) is 4.98 Å². The predicted molar refractivity (Wildman–Crippen MR) is 75.4 cm³/mol. The molecule has 0 radical (unpaired) electrons. The molecule has 0 spiro atoms. The summed E-state index contributed by atoms with van der Waals surface area (Å²) < 4.78 is 0. The molecule has 3 heteroatoms. The molecule has 2 heterocycles. The number of carbonyl (C=O) groups excluding carboxylic acids is 1. The number of rotatable bonds is 2. The first-order valence-corrected chi connectivity index (χ1v) is 7.43. The number of ketones is 1. The number of Topliss-reactive ketones (excluding diaryl/α,β-unsaturated/α-hetero) is 1. The maximum absolute atomic E-state index is 12.0. The lowest BCUT2D eigenvalue weighted by molar-refractivity contribution is 0.0943. The van der Waals surface area contributed by atoms with Gasteiger partial charge >= 0.3 is 0 Å². The first-order valence-electron chi connectivity index (χ1n) is 6.61. The lowest BCUT2D eigenvalue weighted by Gasteiger charge is -2.13. The number of aryl methyl sites for hydroxylation is 2. The van der Waals surface area contributed by atoms with Crippen molar-refractivity contribution in [1.82, 2.24) is 4.98 Å². The molecule has 0 saturated heterocycles. The zero-order valence-corrected chi connectivity index (χ0v) is 11.6. The molecule has 1 aliphatic rings. The molecule has 0 unspecified atom stereocenters. The molecule has 0 N–H and O–H groups in total. The molecule has 0 bridgehead atoms. The van der Waals surface area contributed by atoms with Crippen LogP contribution in [0.4, 0.5) is 0 Å². The largest absolute Gasteiger partial charge is 0.293 e. The van der Waals surface area contributed by atoms with Gasteiger partial charge in [0.05, 0.1) is 4.88 Å². The molecule has 2 aromatic rings. The van der Waals surface area contributed by atoms with Crippen LogP contribution in [0, 0.1) is 5.92 Å². The maximum atomic E-state index is 12.0. The second-order valence-electron chi connectivity index (χ2n) is 5.33. The van der Waals surface area contributed by atoms with Crippen LogP contribution < -0.4 is 0 Å². The van der Waals surface area contributed by atoms with Gasteiger partial charge in [0.25, 0.3) is 0 Å². The van der Waals surface area contributed by atoms with Crippen molar-refractivity contribution >= 4 is 27.3 Å². The van der Waals surface area contributed by atoms with E-state index in [1.807, 2.05) is 19.9 Å². The molecule has 0 saturated carbocycles. The van der Waals surface area contributed by atoms with Gasteiger partial charge in [-0.2, -0.15) is 0 Å². The number of hydrogen-bond donors (Lipinski definition) is 0. The highest BCUT2D eigenvalue weighted by Gasteiger charge is 2.17. The summed E-state index contributed by atoms with van der Waals surface area (Å²) in [5.41, 5.74) is 2.63. The summed E-state index contributed by atoms with van der Waals surface area (Å²) in [5.74, 6) is 0.295. The normalized spacial score (nSPS) is 15.1. The van der Waals surface area contributed by atoms with Crippen molar-refractivity contribution in [2.24, 2.45) is 5.92 Å². The molecule has 2 aromatic heterocycles. The van der Waals surface area contributed by atoms with Gasteiger partial charge in [-0.05, 0) is 43.4 Å². The maximum Gasteiger partial charge on any atom is 0.175 e. The summed E-state index contributed by atoms with van der Waals surface area (Å²) in [4.78, 5) is 18.6. The zero-order valence-electron chi connectivity index (χ0n) is 10.8. The molecule has 94 valence electrons. The minimum absolute atomic E-state index is 0.0627. The van der Waals surface area contributed by atoms with E-state index in [1.165, 1.54) is 24.1 Å². The summed E-state index contributed by atoms with van der Waals surface area (Å²) >= 11 is 1.55. The smallest absolute Gasteiger partial charge is 0.175 e. The van der Waals surface area contributed by atoms with Crippen LogP contribution in [0.3, 0.4) is 0 Å². The predicted octanol–water partition coefficient (Wildman–Crippen LogP) is 4.01. The highest BCUT2D eigenvalue weighted by molar-refractivity contribution is 7.20. The highest BCUT2D eigenvalue weighted by atomic mass is 32.1. The fraction of sp³-hybridized carbons (Fsp3) is 0.467. The van der Waals surface area contributed by atoms with E-state index < -0.39 is 0 Å². The zero-order chi connectivity index (χ0) is 12.7. The van der Waals surface area contributed by atoms with Crippen LogP contribution in [0.25, 0.3) is 10.2 Å². The molecule has 0 aliphatic heterocycles. The average molecular weight is 259 g/mol. The Morgan fingerprint density at radius 2 is 2.06 bits per heavy atom. The second-order valence-corrected chi connectivity index (χ2v) is 6.36. The van der Waals surface area contributed by atoms with E-state index in [-0.39, 0.29) is 11.7 Å². The number of carbonyl (C=O) groups is 1. The van der Waals surface area contributed by atoms with Gasteiger partial charge in [-0.1, -0.05) is 13.8 Å². The molecule has 2 nitrogen and oxygen atoms in total. The number of fused-ring (bicyclic) bond motifs is 2. The van der Waals surface area contributed by atoms with Crippen LogP contribution in [-0.4, -0.2) is 10.8 Å². The Morgan fingerprint density at radius 1 is 1.28 bits per heavy atom. The SMILES string of the molecule is CC(C)C(=O)c1cc2cc3c(nc2s1)CCCC3. The summed E-state index contributed by atoms with van der Waals surface area (Å²) in [6, 6.07) is 4.26. The van der Waals surface area contributed by atoms with Gasteiger partial charge in [0.1, 0.15) is 4.83 Å². The van der Waals surface area contributed by atoms with Crippen LogP contribution in [0.5, 0.6) is 0 Å². The van der Waals surface area contributed by atoms with E-state index in [2.05, 4.69) is 6.07 Å². The molecule has 0 atom stereocenters. The Bertz CT molecular complexity index is 569. The minimum atomic E-state index is 0.0627. The van der Waals surface area contributed by atoms with Gasteiger partial charge in [0.15, 0.2) is 5.78 Å². The molecule has 0 aromatic carbocycles. The lowest BCUT2D eigenvalue weighted by atomic mass is 9.95. The van der Waals surface area contributed by atoms with Gasteiger partial charge < -0.3 is 0 Å². The summed E-state index contributed by atoms with van der Waals surface area (Å²) in [6.45, 7) is 3.90. The highest BCUT2D eigenvalue weighted by Crippen LogP contribution is 2.30. The number of aromatic nitrogens is 1. The van der Waals surface area contributed by atoms with E-state index in [9.17, 15) is 4.79 Å². The second kappa shape index (κ2) is 4.47. The van der Waals surface area contributed by atoms with Crippen molar-refractivity contribution in [3.8, 4) is 0 Å². The van der Waals surface area contributed by atoms with Crippen LogP contribution in [0.1, 0.15) is 47.6 Å². The van der Waals surface area contributed by atoms with Crippen molar-refractivity contribution in [2.45, 2.75) is 39.5 Å². The molecule has 1 aliphatic carbocycles. The Labute approximate surface area is 111 Å².